The Labute approximate surface area is 149 Å². The van der Waals surface area contributed by atoms with E-state index in [4.69, 9.17) is 4.74 Å². The Bertz CT molecular complexity index is 749. The number of carboxylic acids is 1. The molecule has 1 atom stereocenters. The van der Waals surface area contributed by atoms with Crippen molar-refractivity contribution in [1.82, 2.24) is 0 Å². The molecule has 132 valence electrons. The Hall–Kier alpha value is -2.29. The second-order valence-corrected chi connectivity index (χ2v) is 7.10. The lowest BCUT2D eigenvalue weighted by Gasteiger charge is -2.21. The van der Waals surface area contributed by atoms with E-state index < -0.39 is 11.9 Å². The lowest BCUT2D eigenvalue weighted by molar-refractivity contribution is -0.138. The van der Waals surface area contributed by atoms with Gasteiger partial charge in [-0.15, -0.1) is 0 Å². The van der Waals surface area contributed by atoms with Gasteiger partial charge in [0, 0.05) is 0 Å². The monoisotopic (exact) mass is 338 g/mol. The molecule has 1 aliphatic rings. The van der Waals surface area contributed by atoms with Crippen LogP contribution in [0.4, 0.5) is 0 Å². The molecule has 0 fully saturated rings. The van der Waals surface area contributed by atoms with Crippen LogP contribution in [0.25, 0.3) is 0 Å². The lowest BCUT2D eigenvalue weighted by atomic mass is 9.85. The van der Waals surface area contributed by atoms with E-state index in [0.717, 1.165) is 29.7 Å². The van der Waals surface area contributed by atoms with Crippen LogP contribution in [-0.4, -0.2) is 17.2 Å². The first-order valence-corrected chi connectivity index (χ1v) is 9.13. The highest BCUT2D eigenvalue weighted by Gasteiger charge is 2.23. The van der Waals surface area contributed by atoms with Crippen LogP contribution in [0.2, 0.25) is 0 Å². The van der Waals surface area contributed by atoms with Gasteiger partial charge in [0.05, 0.1) is 12.0 Å². The number of aliphatic carboxylic acids is 1. The number of fused-ring (bicyclic) bond motifs is 1. The fourth-order valence-corrected chi connectivity index (χ4v) is 3.58. The third-order valence-corrected chi connectivity index (χ3v) is 4.83. The molecule has 0 saturated carbocycles. The highest BCUT2D eigenvalue weighted by atomic mass is 16.5. The molecule has 1 N–H and O–H groups in total. The molecular weight excluding hydrogens is 312 g/mol. The van der Waals surface area contributed by atoms with Gasteiger partial charge in [0.15, 0.2) is 0 Å². The van der Waals surface area contributed by atoms with Crippen LogP contribution in [-0.2, 0) is 24.1 Å². The predicted molar refractivity (Wildman–Crippen MR) is 99.4 cm³/mol. The van der Waals surface area contributed by atoms with Gasteiger partial charge >= 0.3 is 5.97 Å². The highest BCUT2D eigenvalue weighted by molar-refractivity contribution is 5.77. The first-order chi connectivity index (χ1) is 12.0. The van der Waals surface area contributed by atoms with Crippen molar-refractivity contribution in [2.24, 2.45) is 0 Å². The molecule has 3 nitrogen and oxygen atoms in total. The van der Waals surface area contributed by atoms with E-state index in [2.05, 4.69) is 12.1 Å². The van der Waals surface area contributed by atoms with Crippen LogP contribution in [0.15, 0.2) is 42.5 Å². The van der Waals surface area contributed by atoms with Crippen molar-refractivity contribution in [3.8, 4) is 5.75 Å². The second-order valence-electron chi connectivity index (χ2n) is 7.10. The zero-order chi connectivity index (χ0) is 17.8. The Kier molecular flexibility index (Phi) is 5.42. The second kappa shape index (κ2) is 7.73. The minimum Gasteiger partial charge on any atom is -0.491 e. The van der Waals surface area contributed by atoms with E-state index >= 15 is 0 Å². The van der Waals surface area contributed by atoms with Crippen LogP contribution in [0.5, 0.6) is 5.75 Å². The van der Waals surface area contributed by atoms with Gasteiger partial charge in [-0.05, 0) is 74.3 Å². The van der Waals surface area contributed by atoms with E-state index in [-0.39, 0.29) is 6.10 Å². The molecule has 2 aromatic rings. The number of rotatable bonds is 6. The molecule has 0 spiro atoms. The smallest absolute Gasteiger partial charge is 0.311 e. The normalized spacial score (nSPS) is 14.8. The summed E-state index contributed by atoms with van der Waals surface area (Å²) in [5, 5.41) is 9.82. The molecule has 3 rings (SSSR count). The molecule has 0 amide bonds. The third kappa shape index (κ3) is 4.22. The summed E-state index contributed by atoms with van der Waals surface area (Å²) in [5.74, 6) is -0.555. The van der Waals surface area contributed by atoms with Gasteiger partial charge in [-0.25, -0.2) is 0 Å². The average molecular weight is 338 g/mol. The predicted octanol–water partition coefficient (Wildman–Crippen LogP) is 4.76. The Morgan fingerprint density at radius 1 is 1.08 bits per heavy atom. The van der Waals surface area contributed by atoms with Crippen molar-refractivity contribution in [3.63, 3.8) is 0 Å². The molecule has 1 unspecified atom stereocenters. The maximum absolute atomic E-state index is 12.0. The number of ether oxygens (including phenoxy) is 1. The topological polar surface area (TPSA) is 46.5 Å². The molecule has 3 heteroatoms. The molecular formula is C22H26O3. The van der Waals surface area contributed by atoms with E-state index in [9.17, 15) is 9.90 Å². The van der Waals surface area contributed by atoms with Crippen molar-refractivity contribution >= 4 is 5.97 Å². The van der Waals surface area contributed by atoms with Crippen molar-refractivity contribution in [3.05, 3.63) is 64.7 Å². The molecule has 1 aliphatic carbocycles. The number of carboxylic acid groups (broad SMARTS) is 1. The van der Waals surface area contributed by atoms with Crippen molar-refractivity contribution in [1.29, 1.82) is 0 Å². The van der Waals surface area contributed by atoms with E-state index in [1.807, 2.05) is 44.2 Å². The first kappa shape index (κ1) is 17.5. The SMILES string of the molecule is CC(C)Oc1ccccc1CC(C(=O)O)c1ccc2c(c1)CCCC2. The van der Waals surface area contributed by atoms with Crippen molar-refractivity contribution < 1.29 is 14.6 Å². The van der Waals surface area contributed by atoms with Crippen LogP contribution >= 0.6 is 0 Å². The fraction of sp³-hybridized carbons (Fsp3) is 0.409. The quantitative estimate of drug-likeness (QED) is 0.826. The van der Waals surface area contributed by atoms with E-state index in [1.54, 1.807) is 0 Å². The minimum absolute atomic E-state index is 0.0631. The largest absolute Gasteiger partial charge is 0.491 e. The number of benzene rings is 2. The molecule has 0 aliphatic heterocycles. The summed E-state index contributed by atoms with van der Waals surface area (Å²) < 4.78 is 5.86. The van der Waals surface area contributed by atoms with Gasteiger partial charge < -0.3 is 9.84 Å². The molecule has 0 saturated heterocycles. The summed E-state index contributed by atoms with van der Waals surface area (Å²) in [6.07, 6.45) is 5.10. The van der Waals surface area contributed by atoms with E-state index in [0.29, 0.717) is 6.42 Å². The Morgan fingerprint density at radius 2 is 1.80 bits per heavy atom. The van der Waals surface area contributed by atoms with Crippen LogP contribution < -0.4 is 4.74 Å². The van der Waals surface area contributed by atoms with Crippen LogP contribution in [0.1, 0.15) is 54.9 Å². The number of hydrogen-bond acceptors (Lipinski definition) is 2. The molecule has 0 heterocycles. The van der Waals surface area contributed by atoms with Gasteiger partial charge in [-0.2, -0.15) is 0 Å². The number of aryl methyl sites for hydroxylation is 2. The number of para-hydroxylation sites is 1. The Morgan fingerprint density at radius 3 is 2.52 bits per heavy atom. The van der Waals surface area contributed by atoms with Crippen molar-refractivity contribution in [2.75, 3.05) is 0 Å². The average Bonchev–Trinajstić information content (AvgIpc) is 2.60. The summed E-state index contributed by atoms with van der Waals surface area (Å²) >= 11 is 0. The van der Waals surface area contributed by atoms with Crippen molar-refractivity contribution in [2.45, 2.75) is 58.0 Å². The summed E-state index contributed by atoms with van der Waals surface area (Å²) in [7, 11) is 0. The number of carbonyl (C=O) groups is 1. The summed E-state index contributed by atoms with van der Waals surface area (Å²) in [5.41, 5.74) is 4.54. The number of hydrogen-bond donors (Lipinski definition) is 1. The standard InChI is InChI=1S/C22H26O3/c1-15(2)25-21-10-6-5-9-19(21)14-20(22(23)24)18-12-11-16-7-3-4-8-17(16)13-18/h5-6,9-13,15,20H,3-4,7-8,14H2,1-2H3,(H,23,24). The van der Waals surface area contributed by atoms with Gasteiger partial charge in [0.25, 0.3) is 0 Å². The third-order valence-electron chi connectivity index (χ3n) is 4.83. The van der Waals surface area contributed by atoms with Gasteiger partial charge in [0.1, 0.15) is 5.75 Å². The molecule has 0 aromatic heterocycles. The Balaban J connectivity index is 1.89. The summed E-state index contributed by atoms with van der Waals surface area (Å²) in [6, 6.07) is 14.0. The molecule has 2 aromatic carbocycles. The summed E-state index contributed by atoms with van der Waals surface area (Å²) in [4.78, 5) is 12.0. The van der Waals surface area contributed by atoms with Gasteiger partial charge in [-0.1, -0.05) is 36.4 Å². The minimum atomic E-state index is -0.782. The van der Waals surface area contributed by atoms with Gasteiger partial charge in [0.2, 0.25) is 0 Å². The van der Waals surface area contributed by atoms with E-state index in [1.165, 1.54) is 24.0 Å². The zero-order valence-electron chi connectivity index (χ0n) is 15.0. The molecule has 0 bridgehead atoms. The maximum Gasteiger partial charge on any atom is 0.311 e. The van der Waals surface area contributed by atoms with Crippen LogP contribution in [0, 0.1) is 0 Å². The molecule has 0 radical (unpaired) electrons. The fourth-order valence-electron chi connectivity index (χ4n) is 3.58. The maximum atomic E-state index is 12.0. The summed E-state index contributed by atoms with van der Waals surface area (Å²) in [6.45, 7) is 3.96. The lowest BCUT2D eigenvalue weighted by Crippen LogP contribution is -2.17. The van der Waals surface area contributed by atoms with Crippen LogP contribution in [0.3, 0.4) is 0 Å². The highest BCUT2D eigenvalue weighted by Crippen LogP contribution is 2.30. The zero-order valence-corrected chi connectivity index (χ0v) is 15.0. The van der Waals surface area contributed by atoms with Gasteiger partial charge in [-0.3, -0.25) is 4.79 Å². The molecule has 25 heavy (non-hydrogen) atoms. The first-order valence-electron chi connectivity index (χ1n) is 9.13.